The summed E-state index contributed by atoms with van der Waals surface area (Å²) in [5, 5.41) is 3.71. The Bertz CT molecular complexity index is 678. The molecule has 2 amide bonds. The lowest BCUT2D eigenvalue weighted by Crippen LogP contribution is -2.61. The zero-order valence-corrected chi connectivity index (χ0v) is 15.8. The molecule has 1 N–H and O–H groups in total. The highest BCUT2D eigenvalue weighted by molar-refractivity contribution is 6.30. The van der Waals surface area contributed by atoms with Crippen LogP contribution >= 0.6 is 11.6 Å². The number of amides is 2. The number of fused-ring (bicyclic) bond motifs is 4. The van der Waals surface area contributed by atoms with Crippen molar-refractivity contribution in [2.75, 3.05) is 26.2 Å². The van der Waals surface area contributed by atoms with Crippen LogP contribution in [-0.4, -0.2) is 53.8 Å². The maximum Gasteiger partial charge on any atom is 0.234 e. The molecule has 0 spiro atoms. The molecule has 0 aromatic heterocycles. The average molecular weight is 376 g/mol. The molecule has 3 saturated heterocycles. The number of hydrogen-bond acceptors (Lipinski definition) is 3. The molecule has 6 heteroatoms. The fourth-order valence-corrected chi connectivity index (χ4v) is 5.03. The highest BCUT2D eigenvalue weighted by atomic mass is 35.5. The van der Waals surface area contributed by atoms with Gasteiger partial charge in [0.05, 0.1) is 6.54 Å². The number of carbonyl (C=O) groups is 2. The minimum Gasteiger partial charge on any atom is -0.351 e. The molecule has 26 heavy (non-hydrogen) atoms. The van der Waals surface area contributed by atoms with Crippen molar-refractivity contribution in [2.45, 2.75) is 38.3 Å². The molecule has 0 aliphatic carbocycles. The molecule has 0 saturated carbocycles. The van der Waals surface area contributed by atoms with Gasteiger partial charge in [-0.15, -0.1) is 0 Å². The Morgan fingerprint density at radius 3 is 2.81 bits per heavy atom. The van der Waals surface area contributed by atoms with Gasteiger partial charge < -0.3 is 10.2 Å². The largest absolute Gasteiger partial charge is 0.351 e. The third-order valence-electron chi connectivity index (χ3n) is 6.03. The lowest BCUT2D eigenvalue weighted by atomic mass is 9.76. The van der Waals surface area contributed by atoms with Crippen molar-refractivity contribution in [3.05, 3.63) is 34.9 Å². The first-order valence-corrected chi connectivity index (χ1v) is 9.99. The third-order valence-corrected chi connectivity index (χ3v) is 6.28. The van der Waals surface area contributed by atoms with Gasteiger partial charge in [0.2, 0.25) is 11.8 Å². The van der Waals surface area contributed by atoms with Gasteiger partial charge in [0.25, 0.3) is 0 Å². The molecule has 3 aliphatic heterocycles. The predicted octanol–water partition coefficient (Wildman–Crippen LogP) is 2.29. The third kappa shape index (κ3) is 3.89. The summed E-state index contributed by atoms with van der Waals surface area (Å²) in [5.74, 6) is 1.44. The summed E-state index contributed by atoms with van der Waals surface area (Å²) >= 11 is 5.89. The van der Waals surface area contributed by atoms with Crippen LogP contribution in [0.25, 0.3) is 0 Å². The zero-order chi connectivity index (χ0) is 18.1. The SMILES string of the molecule is O=C(CN1CC2CC(C1)[C@H]1CCCC(=O)N1C2)NCc1ccc(Cl)cc1. The number of likely N-dealkylation sites (tertiary alicyclic amines) is 1. The van der Waals surface area contributed by atoms with Crippen LogP contribution in [0.4, 0.5) is 0 Å². The molecule has 4 rings (SSSR count). The minimum atomic E-state index is 0.0662. The molecule has 1 aromatic rings. The van der Waals surface area contributed by atoms with Gasteiger partial charge in [-0.2, -0.15) is 0 Å². The number of carbonyl (C=O) groups excluding carboxylic acids is 2. The lowest BCUT2D eigenvalue weighted by molar-refractivity contribution is -0.145. The summed E-state index contributed by atoms with van der Waals surface area (Å²) in [5.41, 5.74) is 1.05. The topological polar surface area (TPSA) is 52.7 Å². The maximum atomic E-state index is 12.4. The molecule has 1 aromatic carbocycles. The van der Waals surface area contributed by atoms with Gasteiger partial charge >= 0.3 is 0 Å². The van der Waals surface area contributed by atoms with Crippen molar-refractivity contribution >= 4 is 23.4 Å². The second-order valence-electron chi connectivity index (χ2n) is 7.96. The van der Waals surface area contributed by atoms with Gasteiger partial charge in [-0.05, 0) is 48.8 Å². The molecule has 0 radical (unpaired) electrons. The normalized spacial score (nSPS) is 28.6. The van der Waals surface area contributed by atoms with Crippen LogP contribution in [0.1, 0.15) is 31.2 Å². The van der Waals surface area contributed by atoms with Gasteiger partial charge in [0, 0.05) is 43.7 Å². The van der Waals surface area contributed by atoms with Crippen LogP contribution in [0, 0.1) is 11.8 Å². The summed E-state index contributed by atoms with van der Waals surface area (Å²) in [7, 11) is 0. The Hall–Kier alpha value is -1.59. The smallest absolute Gasteiger partial charge is 0.234 e. The van der Waals surface area contributed by atoms with Crippen LogP contribution in [0.3, 0.4) is 0 Å². The van der Waals surface area contributed by atoms with Crippen molar-refractivity contribution in [3.63, 3.8) is 0 Å². The fourth-order valence-electron chi connectivity index (χ4n) is 4.90. The highest BCUT2D eigenvalue weighted by Crippen LogP contribution is 2.37. The van der Waals surface area contributed by atoms with E-state index in [1.165, 1.54) is 6.42 Å². The van der Waals surface area contributed by atoms with E-state index in [9.17, 15) is 9.59 Å². The molecule has 5 nitrogen and oxygen atoms in total. The number of benzene rings is 1. The van der Waals surface area contributed by atoms with Crippen LogP contribution in [-0.2, 0) is 16.1 Å². The van der Waals surface area contributed by atoms with Gasteiger partial charge in [0.15, 0.2) is 0 Å². The van der Waals surface area contributed by atoms with Crippen LogP contribution < -0.4 is 5.32 Å². The Kier molecular flexibility index (Phi) is 5.18. The molecule has 3 fully saturated rings. The van der Waals surface area contributed by atoms with E-state index in [1.807, 2.05) is 24.3 Å². The molecular formula is C20H26ClN3O2. The highest BCUT2D eigenvalue weighted by Gasteiger charge is 2.43. The van der Waals surface area contributed by atoms with E-state index in [1.54, 1.807) is 0 Å². The summed E-state index contributed by atoms with van der Waals surface area (Å²) < 4.78 is 0. The van der Waals surface area contributed by atoms with Crippen LogP contribution in [0.5, 0.6) is 0 Å². The molecule has 3 aliphatic rings. The lowest BCUT2D eigenvalue weighted by Gasteiger charge is -2.52. The van der Waals surface area contributed by atoms with Gasteiger partial charge in [-0.25, -0.2) is 0 Å². The van der Waals surface area contributed by atoms with Crippen LogP contribution in [0.15, 0.2) is 24.3 Å². The van der Waals surface area contributed by atoms with Gasteiger partial charge in [0.1, 0.15) is 0 Å². The first-order valence-electron chi connectivity index (χ1n) is 9.61. The van der Waals surface area contributed by atoms with E-state index in [-0.39, 0.29) is 5.91 Å². The van der Waals surface area contributed by atoms with E-state index < -0.39 is 0 Å². The molecule has 2 bridgehead atoms. The minimum absolute atomic E-state index is 0.0662. The van der Waals surface area contributed by atoms with E-state index in [0.29, 0.717) is 48.3 Å². The van der Waals surface area contributed by atoms with Gasteiger partial charge in [-0.3, -0.25) is 14.5 Å². The molecule has 140 valence electrons. The standard InChI is InChI=1S/C20H26ClN3O2/c21-17-6-4-14(5-7-17)9-22-19(25)13-23-10-15-8-16(12-23)18-2-1-3-20(26)24(18)11-15/h4-7,15-16,18H,1-3,8-13H2,(H,22,25)/t15?,16?,18-/m1/s1. The van der Waals surface area contributed by atoms with E-state index in [4.69, 9.17) is 11.6 Å². The van der Waals surface area contributed by atoms with E-state index >= 15 is 0 Å². The number of rotatable bonds is 4. The van der Waals surface area contributed by atoms with Crippen LogP contribution in [0.2, 0.25) is 5.02 Å². The first kappa shape index (κ1) is 17.8. The Balaban J connectivity index is 1.30. The first-order chi connectivity index (χ1) is 12.6. The molecular weight excluding hydrogens is 350 g/mol. The van der Waals surface area contributed by atoms with Crippen molar-refractivity contribution in [1.29, 1.82) is 0 Å². The van der Waals surface area contributed by atoms with Crippen molar-refractivity contribution in [1.82, 2.24) is 15.1 Å². The number of nitrogens with one attached hydrogen (secondary N) is 1. The Morgan fingerprint density at radius 2 is 2.00 bits per heavy atom. The number of piperidine rings is 3. The predicted molar refractivity (Wildman–Crippen MR) is 101 cm³/mol. The summed E-state index contributed by atoms with van der Waals surface area (Å²) in [6, 6.07) is 7.94. The average Bonchev–Trinajstić information content (AvgIpc) is 2.62. The fraction of sp³-hybridized carbons (Fsp3) is 0.600. The number of hydrogen-bond donors (Lipinski definition) is 1. The number of nitrogens with zero attached hydrogens (tertiary/aromatic N) is 2. The summed E-state index contributed by atoms with van der Waals surface area (Å²) in [4.78, 5) is 29.0. The summed E-state index contributed by atoms with van der Waals surface area (Å²) in [6.07, 6.45) is 4.06. The Labute approximate surface area is 159 Å². The Morgan fingerprint density at radius 1 is 1.19 bits per heavy atom. The summed E-state index contributed by atoms with van der Waals surface area (Å²) in [6.45, 7) is 3.70. The molecule has 2 unspecified atom stereocenters. The second kappa shape index (κ2) is 7.57. The van der Waals surface area contributed by atoms with Crippen molar-refractivity contribution in [2.24, 2.45) is 11.8 Å². The second-order valence-corrected chi connectivity index (χ2v) is 8.40. The van der Waals surface area contributed by atoms with E-state index in [2.05, 4.69) is 15.1 Å². The molecule has 3 heterocycles. The quantitative estimate of drug-likeness (QED) is 0.878. The maximum absolute atomic E-state index is 12.4. The van der Waals surface area contributed by atoms with E-state index in [0.717, 1.165) is 38.0 Å². The number of halogens is 1. The zero-order valence-electron chi connectivity index (χ0n) is 15.0. The monoisotopic (exact) mass is 375 g/mol. The van der Waals surface area contributed by atoms with Crippen molar-refractivity contribution in [3.8, 4) is 0 Å². The van der Waals surface area contributed by atoms with Gasteiger partial charge in [-0.1, -0.05) is 23.7 Å². The van der Waals surface area contributed by atoms with Crippen molar-refractivity contribution < 1.29 is 9.59 Å². The molecule has 3 atom stereocenters.